The molecule has 2 atom stereocenters. The van der Waals surface area contributed by atoms with Crippen LogP contribution < -0.4 is 9.64 Å². The molecule has 42 heavy (non-hydrogen) atoms. The molecule has 2 aliphatic heterocycles. The largest absolute Gasteiger partial charge is 0.489 e. The van der Waals surface area contributed by atoms with Gasteiger partial charge in [-0.1, -0.05) is 66.7 Å². The molecule has 0 radical (unpaired) electrons. The van der Waals surface area contributed by atoms with E-state index in [0.717, 1.165) is 53.9 Å². The van der Waals surface area contributed by atoms with Gasteiger partial charge in [-0.05, 0) is 65.4 Å². The Balaban J connectivity index is 1.25. The van der Waals surface area contributed by atoms with E-state index in [1.54, 1.807) is 20.3 Å². The minimum Gasteiger partial charge on any atom is -0.489 e. The molecule has 6 heteroatoms. The minimum atomic E-state index is -0.434. The average Bonchev–Trinajstić information content (AvgIpc) is 3.05. The molecule has 1 fully saturated rings. The lowest BCUT2D eigenvalue weighted by Gasteiger charge is -2.37. The molecule has 0 bridgehead atoms. The maximum Gasteiger partial charge on any atom is 0.159 e. The number of ether oxygens (including phenoxy) is 4. The summed E-state index contributed by atoms with van der Waals surface area (Å²) in [6, 6.07) is 32.0. The number of piperidine rings is 1. The molecule has 2 unspecified atom stereocenters. The maximum absolute atomic E-state index is 15.1. The van der Waals surface area contributed by atoms with Gasteiger partial charge in [0.2, 0.25) is 0 Å². The van der Waals surface area contributed by atoms with Gasteiger partial charge >= 0.3 is 0 Å². The third-order valence-electron chi connectivity index (χ3n) is 8.64. The summed E-state index contributed by atoms with van der Waals surface area (Å²) < 4.78 is 38.6. The Morgan fingerprint density at radius 3 is 2.26 bits per heavy atom. The van der Waals surface area contributed by atoms with E-state index in [1.807, 2.05) is 36.4 Å². The fourth-order valence-electron chi connectivity index (χ4n) is 6.41. The highest BCUT2D eigenvalue weighted by atomic mass is 19.1. The zero-order valence-corrected chi connectivity index (χ0v) is 24.2. The summed E-state index contributed by atoms with van der Waals surface area (Å²) in [7, 11) is 3.42. The van der Waals surface area contributed by atoms with Crippen LogP contribution in [0.2, 0.25) is 0 Å². The number of nitrogens with zero attached hydrogens (tertiary/aromatic N) is 1. The van der Waals surface area contributed by atoms with Crippen LogP contribution in [0.15, 0.2) is 97.1 Å². The third-order valence-corrected chi connectivity index (χ3v) is 8.64. The molecule has 0 aromatic heterocycles. The van der Waals surface area contributed by atoms with Crippen molar-refractivity contribution in [1.82, 2.24) is 0 Å². The van der Waals surface area contributed by atoms with Crippen molar-refractivity contribution in [1.29, 1.82) is 0 Å². The summed E-state index contributed by atoms with van der Waals surface area (Å²) in [5.74, 6) is 0.795. The first-order chi connectivity index (χ1) is 20.6. The van der Waals surface area contributed by atoms with Gasteiger partial charge in [-0.2, -0.15) is 0 Å². The standard InChI is InChI=1S/C36H38FNO4/c1-39-36(40-2)27-18-20-38(21-19-27)29-14-12-26(13-15-29)34-31-17-16-30(41-23-25-8-4-3-5-9-25)22-28(31)24-42-35(34)32-10-6-7-11-33(32)37/h3-17,22,27,34-36H,18-21,23-24H2,1-2H3. The molecule has 2 aliphatic rings. The van der Waals surface area contributed by atoms with Crippen molar-refractivity contribution >= 4 is 5.69 Å². The lowest BCUT2D eigenvalue weighted by Crippen LogP contribution is -2.39. The van der Waals surface area contributed by atoms with E-state index in [-0.39, 0.29) is 18.0 Å². The number of hydrogen-bond acceptors (Lipinski definition) is 5. The number of hydrogen-bond donors (Lipinski definition) is 0. The second-order valence-corrected chi connectivity index (χ2v) is 11.1. The van der Waals surface area contributed by atoms with Crippen molar-refractivity contribution in [2.75, 3.05) is 32.2 Å². The number of benzene rings is 4. The third kappa shape index (κ3) is 6.07. The minimum absolute atomic E-state index is 0.152. The molecule has 0 amide bonds. The van der Waals surface area contributed by atoms with Gasteiger partial charge in [-0.3, -0.25) is 0 Å². The van der Waals surface area contributed by atoms with Crippen LogP contribution in [0.3, 0.4) is 0 Å². The highest BCUT2D eigenvalue weighted by Gasteiger charge is 2.35. The van der Waals surface area contributed by atoms with Crippen LogP contribution in [0.1, 0.15) is 52.7 Å². The predicted molar refractivity (Wildman–Crippen MR) is 162 cm³/mol. The summed E-state index contributed by atoms with van der Waals surface area (Å²) in [5.41, 5.74) is 6.18. The zero-order valence-electron chi connectivity index (χ0n) is 24.2. The highest BCUT2D eigenvalue weighted by Crippen LogP contribution is 2.46. The van der Waals surface area contributed by atoms with E-state index >= 15 is 4.39 Å². The van der Waals surface area contributed by atoms with Crippen molar-refractivity contribution in [3.05, 3.63) is 131 Å². The Hall–Kier alpha value is -3.71. The first-order valence-electron chi connectivity index (χ1n) is 14.7. The summed E-state index contributed by atoms with van der Waals surface area (Å²) in [4.78, 5) is 2.42. The SMILES string of the molecule is COC(OC)C1CCN(c2ccc(C3c4ccc(OCc5ccccc5)cc4COC3c3ccccc3F)cc2)CC1. The molecule has 0 spiro atoms. The number of fused-ring (bicyclic) bond motifs is 1. The average molecular weight is 568 g/mol. The smallest absolute Gasteiger partial charge is 0.159 e. The molecular formula is C36H38FNO4. The quantitative estimate of drug-likeness (QED) is 0.194. The molecule has 0 saturated carbocycles. The van der Waals surface area contributed by atoms with Crippen LogP contribution in [-0.4, -0.2) is 33.6 Å². The Kier molecular flexibility index (Phi) is 8.84. The van der Waals surface area contributed by atoms with Crippen LogP contribution in [0.4, 0.5) is 10.1 Å². The Bertz CT molecular complexity index is 1450. The van der Waals surface area contributed by atoms with E-state index in [4.69, 9.17) is 18.9 Å². The summed E-state index contributed by atoms with van der Waals surface area (Å²) >= 11 is 0. The van der Waals surface area contributed by atoms with Gasteiger partial charge in [-0.25, -0.2) is 4.39 Å². The van der Waals surface area contributed by atoms with Crippen LogP contribution in [0.5, 0.6) is 5.75 Å². The fourth-order valence-corrected chi connectivity index (χ4v) is 6.41. The van der Waals surface area contributed by atoms with Gasteiger partial charge in [0.25, 0.3) is 0 Å². The normalized spacial score (nSPS) is 19.1. The highest BCUT2D eigenvalue weighted by molar-refractivity contribution is 5.52. The zero-order chi connectivity index (χ0) is 28.9. The molecular weight excluding hydrogens is 529 g/mol. The predicted octanol–water partition coefficient (Wildman–Crippen LogP) is 7.64. The second kappa shape index (κ2) is 13.1. The van der Waals surface area contributed by atoms with Crippen LogP contribution in [0, 0.1) is 11.7 Å². The molecule has 4 aromatic rings. The van der Waals surface area contributed by atoms with Gasteiger partial charge in [-0.15, -0.1) is 0 Å². The number of rotatable bonds is 9. The Morgan fingerprint density at radius 1 is 0.833 bits per heavy atom. The lowest BCUT2D eigenvalue weighted by molar-refractivity contribution is -0.141. The number of methoxy groups -OCH3 is 2. The molecule has 6 rings (SSSR count). The van der Waals surface area contributed by atoms with Crippen molar-refractivity contribution in [3.8, 4) is 5.75 Å². The van der Waals surface area contributed by atoms with Gasteiger partial charge in [0.05, 0.1) is 12.7 Å². The molecule has 4 aromatic carbocycles. The van der Waals surface area contributed by atoms with E-state index < -0.39 is 6.10 Å². The first kappa shape index (κ1) is 28.4. The topological polar surface area (TPSA) is 40.2 Å². The monoisotopic (exact) mass is 567 g/mol. The molecule has 5 nitrogen and oxygen atoms in total. The van der Waals surface area contributed by atoms with Gasteiger partial charge < -0.3 is 23.8 Å². The first-order valence-corrected chi connectivity index (χ1v) is 14.7. The molecule has 1 saturated heterocycles. The Labute approximate surface area is 247 Å². The number of anilines is 1. The van der Waals surface area contributed by atoms with Gasteiger partial charge in [0.1, 0.15) is 18.2 Å². The molecule has 0 N–H and O–H groups in total. The van der Waals surface area contributed by atoms with Crippen molar-refractivity contribution in [2.45, 2.75) is 44.4 Å². The van der Waals surface area contributed by atoms with Gasteiger partial charge in [0.15, 0.2) is 6.29 Å². The summed E-state index contributed by atoms with van der Waals surface area (Å²) in [5, 5.41) is 0. The van der Waals surface area contributed by atoms with Gasteiger partial charge in [0, 0.05) is 50.4 Å². The molecule has 2 heterocycles. The second-order valence-electron chi connectivity index (χ2n) is 11.1. The van der Waals surface area contributed by atoms with Crippen LogP contribution in [-0.2, 0) is 27.4 Å². The summed E-state index contributed by atoms with van der Waals surface area (Å²) in [6.45, 7) is 2.79. The fraction of sp³-hybridized carbons (Fsp3) is 0.333. The molecule has 0 aliphatic carbocycles. The lowest BCUT2D eigenvalue weighted by atomic mass is 9.79. The van der Waals surface area contributed by atoms with E-state index in [0.29, 0.717) is 24.7 Å². The maximum atomic E-state index is 15.1. The van der Waals surface area contributed by atoms with Crippen molar-refractivity contribution < 1.29 is 23.3 Å². The Morgan fingerprint density at radius 2 is 1.55 bits per heavy atom. The van der Waals surface area contributed by atoms with Crippen molar-refractivity contribution in [3.63, 3.8) is 0 Å². The summed E-state index contributed by atoms with van der Waals surface area (Å²) in [6.07, 6.45) is 1.45. The van der Waals surface area contributed by atoms with E-state index in [1.165, 1.54) is 11.8 Å². The van der Waals surface area contributed by atoms with Crippen LogP contribution >= 0.6 is 0 Å². The van der Waals surface area contributed by atoms with E-state index in [9.17, 15) is 0 Å². The number of halogens is 1. The van der Waals surface area contributed by atoms with Crippen molar-refractivity contribution in [2.24, 2.45) is 5.92 Å². The van der Waals surface area contributed by atoms with E-state index in [2.05, 4.69) is 53.4 Å². The van der Waals surface area contributed by atoms with Crippen LogP contribution in [0.25, 0.3) is 0 Å². The molecule has 218 valence electrons.